The van der Waals surface area contributed by atoms with E-state index in [0.29, 0.717) is 29.2 Å². The lowest BCUT2D eigenvalue weighted by atomic mass is 10.1. The predicted octanol–water partition coefficient (Wildman–Crippen LogP) is 8.67. The van der Waals surface area contributed by atoms with Gasteiger partial charge < -0.3 is 20.7 Å². The minimum atomic E-state index is -0.492. The summed E-state index contributed by atoms with van der Waals surface area (Å²) in [4.78, 5) is 40.7. The van der Waals surface area contributed by atoms with Crippen LogP contribution in [0.4, 0.5) is 11.4 Å². The Morgan fingerprint density at radius 2 is 1.49 bits per heavy atom. The lowest BCUT2D eigenvalue weighted by Gasteiger charge is -2.17. The van der Waals surface area contributed by atoms with E-state index in [1.807, 2.05) is 111 Å². The molecule has 0 spiro atoms. The van der Waals surface area contributed by atoms with E-state index < -0.39 is 17.1 Å². The Balaban J connectivity index is 1.29. The summed E-state index contributed by atoms with van der Waals surface area (Å²) in [6.45, 7) is 6.34. The number of anilines is 2. The summed E-state index contributed by atoms with van der Waals surface area (Å²) >= 11 is 1.39. The van der Waals surface area contributed by atoms with Crippen molar-refractivity contribution < 1.29 is 19.1 Å². The number of benzene rings is 5. The van der Waals surface area contributed by atoms with Crippen molar-refractivity contribution in [1.29, 1.82) is 0 Å². The molecule has 0 fully saturated rings. The van der Waals surface area contributed by atoms with Crippen molar-refractivity contribution >= 4 is 46.9 Å². The lowest BCUT2D eigenvalue weighted by molar-refractivity contribution is -0.115. The summed E-state index contributed by atoms with van der Waals surface area (Å²) in [6, 6.07) is 39.2. The van der Waals surface area contributed by atoms with Gasteiger partial charge in [0.15, 0.2) is 0 Å². The molecule has 0 saturated carbocycles. The summed E-state index contributed by atoms with van der Waals surface area (Å²) in [6.07, 6.45) is 2.44. The average Bonchev–Trinajstić information content (AvgIpc) is 3.12. The molecule has 0 aliphatic heterocycles. The normalized spacial score (nSPS) is 11.7. The molecule has 7 nitrogen and oxygen atoms in total. The third-order valence-corrected chi connectivity index (χ3v) is 8.82. The molecule has 0 aliphatic rings. The molecule has 0 aliphatic carbocycles. The number of carbonyl (C=O) groups excluding carboxylic acids is 3. The number of para-hydroxylation sites is 1. The van der Waals surface area contributed by atoms with E-state index >= 15 is 0 Å². The van der Waals surface area contributed by atoms with Crippen LogP contribution in [-0.2, 0) is 22.6 Å². The highest BCUT2D eigenvalue weighted by molar-refractivity contribution is 8.00. The van der Waals surface area contributed by atoms with Gasteiger partial charge in [-0.05, 0) is 91.1 Å². The van der Waals surface area contributed by atoms with E-state index in [-0.39, 0.29) is 11.6 Å². The Bertz CT molecular complexity index is 1930. The number of carbonyl (C=O) groups is 3. The molecule has 5 aromatic carbocycles. The zero-order valence-electron chi connectivity index (χ0n) is 27.7. The van der Waals surface area contributed by atoms with Gasteiger partial charge in [0, 0.05) is 21.8 Å². The molecule has 0 aromatic heterocycles. The van der Waals surface area contributed by atoms with Crippen LogP contribution in [0, 0.1) is 6.92 Å². The van der Waals surface area contributed by atoms with E-state index in [2.05, 4.69) is 22.9 Å². The van der Waals surface area contributed by atoms with Crippen LogP contribution in [0.15, 0.2) is 138 Å². The summed E-state index contributed by atoms with van der Waals surface area (Å²) in [5.74, 6) is -0.321. The highest BCUT2D eigenvalue weighted by Gasteiger charge is 2.19. The number of thioether (sulfide) groups is 1. The molecule has 3 amide bonds. The van der Waals surface area contributed by atoms with Gasteiger partial charge in [0.05, 0.1) is 5.25 Å². The van der Waals surface area contributed by atoms with Gasteiger partial charge in [-0.3, -0.25) is 14.4 Å². The molecule has 5 rings (SSSR count). The van der Waals surface area contributed by atoms with Gasteiger partial charge >= 0.3 is 0 Å². The molecule has 248 valence electrons. The molecule has 49 heavy (non-hydrogen) atoms. The smallest absolute Gasteiger partial charge is 0.272 e. The Hall–Kier alpha value is -5.60. The summed E-state index contributed by atoms with van der Waals surface area (Å²) in [7, 11) is 0. The zero-order chi connectivity index (χ0) is 34.6. The van der Waals surface area contributed by atoms with Crippen LogP contribution in [0.5, 0.6) is 5.75 Å². The Labute approximate surface area is 291 Å². The third-order valence-electron chi connectivity index (χ3n) is 7.73. The van der Waals surface area contributed by atoms with E-state index in [1.165, 1.54) is 11.8 Å². The van der Waals surface area contributed by atoms with Gasteiger partial charge in [0.2, 0.25) is 5.91 Å². The zero-order valence-corrected chi connectivity index (χ0v) is 28.6. The van der Waals surface area contributed by atoms with Gasteiger partial charge in [-0.15, -0.1) is 11.8 Å². The maximum absolute atomic E-state index is 13.7. The van der Waals surface area contributed by atoms with Crippen LogP contribution >= 0.6 is 11.8 Å². The molecule has 0 saturated heterocycles. The van der Waals surface area contributed by atoms with Crippen LogP contribution in [0.25, 0.3) is 6.08 Å². The van der Waals surface area contributed by atoms with Crippen LogP contribution in [0.3, 0.4) is 0 Å². The van der Waals surface area contributed by atoms with E-state index in [0.717, 1.165) is 33.7 Å². The SMILES string of the molecule is CCc1cccc(C)c1NC(=O)C(C)Sc1cccc(NC(=O)/C(=C\c2ccc(OCc3ccccc3)cc2)NC(=O)c2ccccc2)c1. The average molecular weight is 670 g/mol. The summed E-state index contributed by atoms with van der Waals surface area (Å²) < 4.78 is 5.90. The minimum absolute atomic E-state index is 0.0718. The second kappa shape index (κ2) is 17.0. The number of rotatable bonds is 13. The number of hydrogen-bond acceptors (Lipinski definition) is 5. The number of ether oxygens (including phenoxy) is 1. The number of nitrogens with one attached hydrogen (secondary N) is 3. The van der Waals surface area contributed by atoms with Crippen molar-refractivity contribution in [3.8, 4) is 5.75 Å². The first-order valence-electron chi connectivity index (χ1n) is 16.1. The fourth-order valence-corrected chi connectivity index (χ4v) is 5.97. The minimum Gasteiger partial charge on any atom is -0.489 e. The number of hydrogen-bond donors (Lipinski definition) is 3. The monoisotopic (exact) mass is 669 g/mol. The van der Waals surface area contributed by atoms with Gasteiger partial charge in [0.25, 0.3) is 11.8 Å². The van der Waals surface area contributed by atoms with Gasteiger partial charge in [-0.2, -0.15) is 0 Å². The van der Waals surface area contributed by atoms with Crippen molar-refractivity contribution in [3.05, 3.63) is 161 Å². The fourth-order valence-electron chi connectivity index (χ4n) is 5.04. The fraction of sp³-hybridized carbons (Fsp3) is 0.146. The number of amides is 3. The van der Waals surface area contributed by atoms with E-state index in [4.69, 9.17) is 4.74 Å². The second-order valence-electron chi connectivity index (χ2n) is 11.4. The van der Waals surface area contributed by atoms with Crippen LogP contribution in [0.1, 0.15) is 46.5 Å². The van der Waals surface area contributed by atoms with Crippen molar-refractivity contribution in [1.82, 2.24) is 5.32 Å². The Morgan fingerprint density at radius 3 is 2.20 bits per heavy atom. The van der Waals surface area contributed by atoms with Crippen LogP contribution in [0.2, 0.25) is 0 Å². The van der Waals surface area contributed by atoms with Gasteiger partial charge in [0.1, 0.15) is 18.1 Å². The van der Waals surface area contributed by atoms with E-state index in [1.54, 1.807) is 36.4 Å². The molecule has 1 unspecified atom stereocenters. The molecule has 1 atom stereocenters. The van der Waals surface area contributed by atoms with Gasteiger partial charge in [-0.1, -0.05) is 91.9 Å². The van der Waals surface area contributed by atoms with Crippen LogP contribution < -0.4 is 20.7 Å². The highest BCUT2D eigenvalue weighted by atomic mass is 32.2. The third kappa shape index (κ3) is 9.95. The topological polar surface area (TPSA) is 96.5 Å². The molecule has 5 aromatic rings. The first-order valence-corrected chi connectivity index (χ1v) is 17.0. The molecular weight excluding hydrogens is 631 g/mol. The predicted molar refractivity (Wildman–Crippen MR) is 199 cm³/mol. The van der Waals surface area contributed by atoms with Crippen molar-refractivity contribution in [2.75, 3.05) is 10.6 Å². The molecule has 8 heteroatoms. The highest BCUT2D eigenvalue weighted by Crippen LogP contribution is 2.28. The molecular formula is C41H39N3O4S. The maximum atomic E-state index is 13.7. The Kier molecular flexibility index (Phi) is 12.0. The maximum Gasteiger partial charge on any atom is 0.272 e. The quantitative estimate of drug-likeness (QED) is 0.0862. The van der Waals surface area contributed by atoms with Crippen molar-refractivity contribution in [2.24, 2.45) is 0 Å². The standard InChI is InChI=1S/C41H39N3O4S/c1-4-32-18-11-13-28(2)38(32)44-39(45)29(3)49-36-20-12-19-34(26-36)42-41(47)37(43-40(46)33-16-9-6-10-17-33)25-30-21-23-35(24-22-30)48-27-31-14-7-5-8-15-31/h5-26,29H,4,27H2,1-3H3,(H,42,47)(H,43,46)(H,44,45)/b37-25+. The summed E-state index contributed by atoms with van der Waals surface area (Å²) in [5, 5.41) is 8.40. The van der Waals surface area contributed by atoms with Crippen molar-refractivity contribution in [2.45, 2.75) is 43.9 Å². The first kappa shape index (κ1) is 34.7. The van der Waals surface area contributed by atoms with Gasteiger partial charge in [-0.25, -0.2) is 0 Å². The number of aryl methyl sites for hydroxylation is 2. The largest absolute Gasteiger partial charge is 0.489 e. The molecule has 0 bridgehead atoms. The second-order valence-corrected chi connectivity index (χ2v) is 12.8. The Morgan fingerprint density at radius 1 is 0.796 bits per heavy atom. The summed E-state index contributed by atoms with van der Waals surface area (Å²) in [5.41, 5.74) is 5.75. The molecule has 3 N–H and O–H groups in total. The van der Waals surface area contributed by atoms with Crippen LogP contribution in [-0.4, -0.2) is 23.0 Å². The first-order chi connectivity index (χ1) is 23.8. The lowest BCUT2D eigenvalue weighted by Crippen LogP contribution is -2.30. The molecule has 0 heterocycles. The van der Waals surface area contributed by atoms with Crippen molar-refractivity contribution in [3.63, 3.8) is 0 Å². The van der Waals surface area contributed by atoms with E-state index in [9.17, 15) is 14.4 Å². The molecule has 0 radical (unpaired) electrons.